The molecule has 0 amide bonds. The molecule has 0 rings (SSSR count). The molecule has 9 heavy (non-hydrogen) atoms. The van der Waals surface area contributed by atoms with Gasteiger partial charge in [0.25, 0.3) is 0 Å². The molecule has 5 heteroatoms. The first-order valence-electron chi connectivity index (χ1n) is 1.53. The SMILES string of the molecule is C=C(C)C(=O)O.I.[Rf].[Y]. The zero-order valence-corrected chi connectivity index (χ0v) is 16.8. The van der Waals surface area contributed by atoms with Crippen LogP contribution in [0.2, 0.25) is 0 Å². The number of aliphatic carboxylic acids is 1. The van der Waals surface area contributed by atoms with Crippen LogP contribution in [0.5, 0.6) is 0 Å². The predicted molar refractivity (Wildman–Crippen MR) is 37.9 cm³/mol. The third kappa shape index (κ3) is 18.0. The average Bonchev–Trinajstić information content (AvgIpc) is 1.36. The summed E-state index contributed by atoms with van der Waals surface area (Å²) >= 11 is 0. The number of carboxylic acid groups (broad SMARTS) is 1. The zero-order valence-electron chi connectivity index (χ0n) is 5.26. The van der Waals surface area contributed by atoms with Gasteiger partial charge >= 0.3 is 5.97 Å². The molecule has 0 aliphatic heterocycles. The fourth-order valence-corrected chi connectivity index (χ4v) is 0. The number of halogens is 1. The molecule has 0 atom stereocenters. The third-order valence-corrected chi connectivity index (χ3v) is 0.365. The number of rotatable bonds is 1. The van der Waals surface area contributed by atoms with E-state index >= 15 is 0 Å². The number of carbonyl (C=O) groups is 1. The maximum atomic E-state index is 9.60. The van der Waals surface area contributed by atoms with E-state index in [0.29, 0.717) is 0 Å². The van der Waals surface area contributed by atoms with E-state index in [9.17, 15) is 4.79 Å². The standard InChI is InChI=1S/C4H6O2.HI.Rf.Y/c1-3(2)4(5)6;;;/h1H2,2H3,(H,5,6);1H;;. The van der Waals surface area contributed by atoms with Crippen LogP contribution in [0.1, 0.15) is 6.92 Å². The molecule has 1 radical (unpaired) electrons. The van der Waals surface area contributed by atoms with Crippen LogP contribution in [0.3, 0.4) is 0 Å². The Kier molecular flexibility index (Phi) is 27.9. The molecule has 0 aliphatic rings. The Balaban J connectivity index is -0.0000000417. The van der Waals surface area contributed by atoms with Crippen molar-refractivity contribution in [2.45, 2.75) is 6.92 Å². The quantitative estimate of drug-likeness (QED) is 0.382. The van der Waals surface area contributed by atoms with E-state index in [1.807, 2.05) is 0 Å². The Hall–Kier alpha value is 0.0439. The normalized spacial score (nSPS) is 5.00. The molecular weight excluding hydrogens is 563 g/mol. The van der Waals surface area contributed by atoms with E-state index in [4.69, 9.17) is 5.11 Å². The minimum Gasteiger partial charge on any atom is -0.478 e. The van der Waals surface area contributed by atoms with Crippen LogP contribution in [0, 0.1) is 0 Å². The predicted octanol–water partition coefficient (Wildman–Crippen LogP) is 1.26. The van der Waals surface area contributed by atoms with Crippen molar-refractivity contribution in [2.75, 3.05) is 0 Å². The Labute approximate surface area is 90.6 Å². The van der Waals surface area contributed by atoms with Gasteiger partial charge in [-0.3, -0.25) is 0 Å². The van der Waals surface area contributed by atoms with Gasteiger partial charge in [0.2, 0.25) is 0 Å². The molecule has 0 aliphatic carbocycles. The summed E-state index contributed by atoms with van der Waals surface area (Å²) in [7, 11) is 0. The Morgan fingerprint density at radius 1 is 1.56 bits per heavy atom. The molecule has 1 N–H and O–H groups in total. The van der Waals surface area contributed by atoms with Crippen LogP contribution in [-0.4, -0.2) is 11.1 Å². The summed E-state index contributed by atoms with van der Waals surface area (Å²) in [4.78, 5) is 9.60. The van der Waals surface area contributed by atoms with Gasteiger partial charge in [0.1, 0.15) is 0 Å². The smallest absolute Gasteiger partial charge is 0.330 e. The molecule has 0 heterocycles. The Morgan fingerprint density at radius 3 is 1.67 bits per heavy atom. The summed E-state index contributed by atoms with van der Waals surface area (Å²) in [6.45, 7) is 4.60. The molecule has 0 bridgehead atoms. The van der Waals surface area contributed by atoms with Crippen molar-refractivity contribution in [1.29, 1.82) is 0 Å². The van der Waals surface area contributed by atoms with Crippen molar-refractivity contribution in [3.05, 3.63) is 12.2 Å². The van der Waals surface area contributed by atoms with E-state index in [0.717, 1.165) is 0 Å². The summed E-state index contributed by atoms with van der Waals surface area (Å²) in [5, 5.41) is 7.89. The summed E-state index contributed by atoms with van der Waals surface area (Å²) < 4.78 is 0. The van der Waals surface area contributed by atoms with Crippen molar-refractivity contribution >= 4 is 29.9 Å². The summed E-state index contributed by atoms with van der Waals surface area (Å²) in [5.41, 5.74) is 0.176. The van der Waals surface area contributed by atoms with Gasteiger partial charge in [0.05, 0.1) is 0 Å². The monoisotopic (exact) mass is 570 g/mol. The van der Waals surface area contributed by atoms with Gasteiger partial charge in [0, 0.05) is 38.3 Å². The average molecular weight is 570 g/mol. The molecule has 0 aromatic carbocycles. The second kappa shape index (κ2) is 10.9. The van der Waals surface area contributed by atoms with Crippen molar-refractivity contribution in [2.24, 2.45) is 0 Å². The Bertz CT molecular complexity index is 84.6. The molecule has 0 aromatic heterocycles. The van der Waals surface area contributed by atoms with Gasteiger partial charge in [0.15, 0.2) is 0 Å². The number of hydrogen-bond acceptors (Lipinski definition) is 1. The van der Waals surface area contributed by atoms with Crippen LogP contribution in [0.25, 0.3) is 0 Å². The van der Waals surface area contributed by atoms with E-state index in [1.165, 1.54) is 6.92 Å². The van der Waals surface area contributed by atoms with Crippen molar-refractivity contribution < 1.29 is 42.6 Å². The van der Waals surface area contributed by atoms with E-state index in [2.05, 4.69) is 6.58 Å². The fraction of sp³-hybridized carbons (Fsp3) is 0.250. The summed E-state index contributed by atoms with van der Waals surface area (Å²) in [6.07, 6.45) is 0. The summed E-state index contributed by atoms with van der Waals surface area (Å²) in [6, 6.07) is 0. The van der Waals surface area contributed by atoms with Gasteiger partial charge in [-0.05, 0) is 6.92 Å². The van der Waals surface area contributed by atoms with Crippen LogP contribution in [-0.2, 0) is 37.5 Å². The molecule has 0 saturated heterocycles. The van der Waals surface area contributed by atoms with Crippen LogP contribution in [0.4, 0.5) is 0 Å². The molecule has 0 unspecified atom stereocenters. The first-order chi connectivity index (χ1) is 2.64. The molecule has 0 saturated carbocycles. The zero-order chi connectivity index (χ0) is 5.15. The maximum absolute atomic E-state index is 9.60. The van der Waals surface area contributed by atoms with E-state index in [-0.39, 0.29) is 62.3 Å². The van der Waals surface area contributed by atoms with Crippen molar-refractivity contribution in [1.82, 2.24) is 0 Å². The Morgan fingerprint density at radius 2 is 1.67 bits per heavy atom. The second-order valence-electron chi connectivity index (χ2n) is 1.09. The van der Waals surface area contributed by atoms with Gasteiger partial charge in [-0.2, -0.15) is 0 Å². The van der Waals surface area contributed by atoms with Gasteiger partial charge in [-0.15, -0.1) is 24.0 Å². The largest absolute Gasteiger partial charge is 0.478 e. The van der Waals surface area contributed by atoms with Crippen LogP contribution >= 0.6 is 24.0 Å². The number of carboxylic acids is 1. The molecule has 2 nitrogen and oxygen atoms in total. The van der Waals surface area contributed by atoms with Crippen molar-refractivity contribution in [3.63, 3.8) is 0 Å². The molecular formula is C4H7IO2RfY. The second-order valence-corrected chi connectivity index (χ2v) is 1.09. The minimum absolute atomic E-state index is 0. The maximum Gasteiger partial charge on any atom is 0.330 e. The van der Waals surface area contributed by atoms with E-state index in [1.54, 1.807) is 0 Å². The van der Waals surface area contributed by atoms with Gasteiger partial charge in [-0.25, -0.2) is 4.79 Å². The topological polar surface area (TPSA) is 37.3 Å². The molecule has 0 fully saturated rings. The van der Waals surface area contributed by atoms with Crippen molar-refractivity contribution in [3.8, 4) is 0 Å². The first kappa shape index (κ1) is 23.0. The van der Waals surface area contributed by atoms with E-state index < -0.39 is 5.97 Å². The van der Waals surface area contributed by atoms with Gasteiger partial charge < -0.3 is 5.11 Å². The molecule has 0 spiro atoms. The first-order valence-corrected chi connectivity index (χ1v) is 1.53. The number of hydrogen-bond donors (Lipinski definition) is 1. The molecule has 47 valence electrons. The van der Waals surface area contributed by atoms with Crippen LogP contribution < -0.4 is 0 Å². The molecule has 0 aromatic rings. The van der Waals surface area contributed by atoms with Crippen LogP contribution in [0.15, 0.2) is 12.2 Å². The van der Waals surface area contributed by atoms with Gasteiger partial charge in [-0.1, -0.05) is 6.58 Å². The third-order valence-electron chi connectivity index (χ3n) is 0.365. The fourth-order valence-electron chi connectivity index (χ4n) is 0. The minimum atomic E-state index is -0.935. The summed E-state index contributed by atoms with van der Waals surface area (Å²) in [5.74, 6) is -0.935.